The Morgan fingerprint density at radius 1 is 1.25 bits per heavy atom. The normalized spacial score (nSPS) is 19.1. The molecular formula is C17H23N3. The van der Waals surface area contributed by atoms with Crippen LogP contribution in [0.5, 0.6) is 0 Å². The Labute approximate surface area is 121 Å². The van der Waals surface area contributed by atoms with Crippen molar-refractivity contribution in [3.8, 4) is 0 Å². The second-order valence-corrected chi connectivity index (χ2v) is 5.64. The van der Waals surface area contributed by atoms with Crippen molar-refractivity contribution in [2.75, 3.05) is 13.1 Å². The monoisotopic (exact) mass is 269 g/mol. The fourth-order valence-electron chi connectivity index (χ4n) is 3.06. The van der Waals surface area contributed by atoms with Gasteiger partial charge in [0.1, 0.15) is 0 Å². The van der Waals surface area contributed by atoms with Gasteiger partial charge >= 0.3 is 0 Å². The molecule has 1 aliphatic heterocycles. The van der Waals surface area contributed by atoms with Gasteiger partial charge in [-0.1, -0.05) is 30.3 Å². The van der Waals surface area contributed by atoms with Crippen molar-refractivity contribution >= 4 is 0 Å². The molecule has 106 valence electrons. The Balaban J connectivity index is 1.56. The van der Waals surface area contributed by atoms with Gasteiger partial charge in [-0.2, -0.15) is 0 Å². The highest BCUT2D eigenvalue weighted by atomic mass is 15.1. The molecule has 2 aromatic rings. The first-order valence-corrected chi connectivity index (χ1v) is 7.68. The van der Waals surface area contributed by atoms with Gasteiger partial charge in [-0.25, -0.2) is 4.98 Å². The van der Waals surface area contributed by atoms with E-state index in [0.717, 1.165) is 19.5 Å². The summed E-state index contributed by atoms with van der Waals surface area (Å²) in [7, 11) is 0. The maximum atomic E-state index is 4.36. The molecule has 3 heteroatoms. The van der Waals surface area contributed by atoms with Gasteiger partial charge in [0.15, 0.2) is 0 Å². The van der Waals surface area contributed by atoms with Crippen LogP contribution in [0.15, 0.2) is 42.9 Å². The topological polar surface area (TPSA) is 29.9 Å². The van der Waals surface area contributed by atoms with Crippen LogP contribution in [0.4, 0.5) is 0 Å². The van der Waals surface area contributed by atoms with Crippen LogP contribution >= 0.6 is 0 Å². The number of imidazole rings is 1. The van der Waals surface area contributed by atoms with Crippen molar-refractivity contribution in [2.24, 2.45) is 0 Å². The second-order valence-electron chi connectivity index (χ2n) is 5.64. The molecule has 1 fully saturated rings. The standard InChI is InChI=1S/C17H23N3/c1-2-6-15(7-3-1)8-5-11-20-14-19-13-17(20)16-9-4-10-18-12-16/h1-3,6-7,13-14,16,18H,4-5,8-12H2. The molecule has 1 aromatic heterocycles. The van der Waals surface area contributed by atoms with Crippen LogP contribution in [0, 0.1) is 0 Å². The molecule has 0 amide bonds. The van der Waals surface area contributed by atoms with Crippen LogP contribution in [-0.2, 0) is 13.0 Å². The summed E-state index contributed by atoms with van der Waals surface area (Å²) >= 11 is 0. The molecule has 1 N–H and O–H groups in total. The molecule has 1 aromatic carbocycles. The lowest BCUT2D eigenvalue weighted by molar-refractivity contribution is 0.438. The Morgan fingerprint density at radius 3 is 2.95 bits per heavy atom. The van der Waals surface area contributed by atoms with E-state index in [1.54, 1.807) is 0 Å². The Kier molecular flexibility index (Phi) is 4.49. The molecule has 1 aliphatic rings. The zero-order valence-electron chi connectivity index (χ0n) is 12.0. The number of aryl methyl sites for hydroxylation is 2. The first-order valence-electron chi connectivity index (χ1n) is 7.68. The summed E-state index contributed by atoms with van der Waals surface area (Å²) < 4.78 is 2.35. The van der Waals surface area contributed by atoms with Crippen LogP contribution in [0.25, 0.3) is 0 Å². The van der Waals surface area contributed by atoms with E-state index in [9.17, 15) is 0 Å². The van der Waals surface area contributed by atoms with Crippen LogP contribution < -0.4 is 5.32 Å². The van der Waals surface area contributed by atoms with Crippen LogP contribution in [0.3, 0.4) is 0 Å². The van der Waals surface area contributed by atoms with E-state index < -0.39 is 0 Å². The van der Waals surface area contributed by atoms with Crippen molar-refractivity contribution in [1.29, 1.82) is 0 Å². The number of hydrogen-bond acceptors (Lipinski definition) is 2. The third kappa shape index (κ3) is 3.28. The highest BCUT2D eigenvalue weighted by molar-refractivity contribution is 5.14. The van der Waals surface area contributed by atoms with E-state index in [-0.39, 0.29) is 0 Å². The third-order valence-electron chi connectivity index (χ3n) is 4.17. The predicted molar refractivity (Wildman–Crippen MR) is 81.8 cm³/mol. The maximum Gasteiger partial charge on any atom is 0.0948 e. The van der Waals surface area contributed by atoms with Gasteiger partial charge in [0.05, 0.1) is 6.33 Å². The molecule has 3 rings (SSSR count). The summed E-state index contributed by atoms with van der Waals surface area (Å²) in [6.45, 7) is 3.34. The van der Waals surface area contributed by atoms with Gasteiger partial charge in [-0.15, -0.1) is 0 Å². The third-order valence-corrected chi connectivity index (χ3v) is 4.17. The van der Waals surface area contributed by atoms with Crippen molar-refractivity contribution < 1.29 is 0 Å². The van der Waals surface area contributed by atoms with Crippen molar-refractivity contribution in [2.45, 2.75) is 38.1 Å². The van der Waals surface area contributed by atoms with E-state index in [0.29, 0.717) is 5.92 Å². The number of nitrogens with one attached hydrogen (secondary N) is 1. The van der Waals surface area contributed by atoms with Gasteiger partial charge in [0.2, 0.25) is 0 Å². The number of aromatic nitrogens is 2. The van der Waals surface area contributed by atoms with E-state index in [4.69, 9.17) is 0 Å². The largest absolute Gasteiger partial charge is 0.334 e. The Bertz CT molecular complexity index is 512. The lowest BCUT2D eigenvalue weighted by Crippen LogP contribution is -2.29. The SMILES string of the molecule is c1ccc(CCCn2cncc2C2CCCNC2)cc1. The number of hydrogen-bond donors (Lipinski definition) is 1. The molecule has 1 unspecified atom stereocenters. The minimum Gasteiger partial charge on any atom is -0.334 e. The first-order chi connectivity index (χ1) is 9.93. The molecule has 2 heterocycles. The number of rotatable bonds is 5. The maximum absolute atomic E-state index is 4.36. The fraction of sp³-hybridized carbons (Fsp3) is 0.471. The summed E-state index contributed by atoms with van der Waals surface area (Å²) in [6, 6.07) is 10.7. The van der Waals surface area contributed by atoms with E-state index in [1.165, 1.54) is 37.1 Å². The average Bonchev–Trinajstić information content (AvgIpc) is 2.98. The fourth-order valence-corrected chi connectivity index (χ4v) is 3.06. The summed E-state index contributed by atoms with van der Waals surface area (Å²) in [4.78, 5) is 4.36. The first kappa shape index (κ1) is 13.4. The van der Waals surface area contributed by atoms with Crippen LogP contribution in [0.1, 0.15) is 36.4 Å². The Hall–Kier alpha value is -1.61. The van der Waals surface area contributed by atoms with Crippen molar-refractivity contribution in [3.05, 3.63) is 54.1 Å². The molecule has 0 bridgehead atoms. The van der Waals surface area contributed by atoms with Gasteiger partial charge in [-0.3, -0.25) is 0 Å². The summed E-state index contributed by atoms with van der Waals surface area (Å²) in [5.74, 6) is 0.642. The van der Waals surface area contributed by atoms with E-state index >= 15 is 0 Å². The zero-order chi connectivity index (χ0) is 13.6. The summed E-state index contributed by atoms with van der Waals surface area (Å²) in [5, 5.41) is 3.49. The van der Waals surface area contributed by atoms with Crippen molar-refractivity contribution in [3.63, 3.8) is 0 Å². The average molecular weight is 269 g/mol. The number of benzene rings is 1. The van der Waals surface area contributed by atoms with E-state index in [1.807, 2.05) is 6.33 Å². The van der Waals surface area contributed by atoms with Gasteiger partial charge in [0.25, 0.3) is 0 Å². The highest BCUT2D eigenvalue weighted by Gasteiger charge is 2.18. The summed E-state index contributed by atoms with van der Waals surface area (Å²) in [5.41, 5.74) is 2.83. The molecular weight excluding hydrogens is 246 g/mol. The zero-order valence-corrected chi connectivity index (χ0v) is 12.0. The molecule has 0 aliphatic carbocycles. The smallest absolute Gasteiger partial charge is 0.0948 e. The number of nitrogens with zero attached hydrogens (tertiary/aromatic N) is 2. The molecule has 3 nitrogen and oxygen atoms in total. The van der Waals surface area contributed by atoms with Crippen LogP contribution in [0.2, 0.25) is 0 Å². The van der Waals surface area contributed by atoms with E-state index in [2.05, 4.69) is 51.4 Å². The molecule has 1 atom stereocenters. The minimum atomic E-state index is 0.642. The van der Waals surface area contributed by atoms with Gasteiger partial charge in [0, 0.05) is 30.9 Å². The van der Waals surface area contributed by atoms with Crippen molar-refractivity contribution in [1.82, 2.24) is 14.9 Å². The lowest BCUT2D eigenvalue weighted by atomic mass is 9.96. The Morgan fingerprint density at radius 2 is 2.15 bits per heavy atom. The molecule has 0 radical (unpaired) electrons. The molecule has 0 spiro atoms. The van der Waals surface area contributed by atoms with Gasteiger partial charge in [-0.05, 0) is 37.8 Å². The minimum absolute atomic E-state index is 0.642. The molecule has 1 saturated heterocycles. The second kappa shape index (κ2) is 6.71. The van der Waals surface area contributed by atoms with Gasteiger partial charge < -0.3 is 9.88 Å². The highest BCUT2D eigenvalue weighted by Crippen LogP contribution is 2.23. The quantitative estimate of drug-likeness (QED) is 0.904. The van der Waals surface area contributed by atoms with Crippen LogP contribution in [-0.4, -0.2) is 22.6 Å². The summed E-state index contributed by atoms with van der Waals surface area (Å²) in [6.07, 6.45) is 8.93. The predicted octanol–water partition coefficient (Wildman–Crippen LogP) is 2.98. The lowest BCUT2D eigenvalue weighted by Gasteiger charge is -2.23. The number of piperidine rings is 1. The molecule has 20 heavy (non-hydrogen) atoms. The molecule has 0 saturated carbocycles.